The standard InChI is InChI=1S/C29H42O3/c1-10-11-12-21-17-23(28(4,5)6)26(16-19(21)2)32-14-13-25(30)22-15-20(3)27(31)24(18-22)29(7,8)9/h15-18,31H,10-14H2,1-9H3. The molecular formula is C29H42O3. The molecule has 0 spiro atoms. The van der Waals surface area contributed by atoms with E-state index in [0.29, 0.717) is 18.6 Å². The van der Waals surface area contributed by atoms with Crippen LogP contribution in [-0.4, -0.2) is 17.5 Å². The normalized spacial score (nSPS) is 12.2. The highest BCUT2D eigenvalue weighted by molar-refractivity contribution is 5.96. The molecule has 0 heterocycles. The number of benzene rings is 2. The Hall–Kier alpha value is -2.29. The maximum atomic E-state index is 12.9. The lowest BCUT2D eigenvalue weighted by molar-refractivity contribution is 0.0961. The molecule has 0 aliphatic heterocycles. The van der Waals surface area contributed by atoms with E-state index in [-0.39, 0.29) is 22.4 Å². The highest BCUT2D eigenvalue weighted by atomic mass is 16.5. The van der Waals surface area contributed by atoms with E-state index < -0.39 is 0 Å². The molecule has 2 rings (SSSR count). The number of carbonyl (C=O) groups excluding carboxylic acids is 1. The first-order valence-corrected chi connectivity index (χ1v) is 11.9. The van der Waals surface area contributed by atoms with Crippen LogP contribution in [0.2, 0.25) is 0 Å². The molecular weight excluding hydrogens is 396 g/mol. The molecule has 0 aromatic heterocycles. The van der Waals surface area contributed by atoms with Crippen molar-refractivity contribution in [3.8, 4) is 11.5 Å². The lowest BCUT2D eigenvalue weighted by Gasteiger charge is -2.25. The van der Waals surface area contributed by atoms with Crippen LogP contribution in [0, 0.1) is 13.8 Å². The molecule has 0 bridgehead atoms. The van der Waals surface area contributed by atoms with Crippen LogP contribution in [0.15, 0.2) is 24.3 Å². The first-order chi connectivity index (χ1) is 14.8. The van der Waals surface area contributed by atoms with Crippen LogP contribution < -0.4 is 4.74 Å². The zero-order chi connectivity index (χ0) is 24.3. The van der Waals surface area contributed by atoms with Crippen molar-refractivity contribution in [2.24, 2.45) is 0 Å². The average molecular weight is 439 g/mol. The van der Waals surface area contributed by atoms with Crippen LogP contribution in [0.4, 0.5) is 0 Å². The molecule has 176 valence electrons. The second kappa shape index (κ2) is 10.1. The number of hydrogen-bond acceptors (Lipinski definition) is 3. The van der Waals surface area contributed by atoms with E-state index in [1.54, 1.807) is 6.07 Å². The summed E-state index contributed by atoms with van der Waals surface area (Å²) in [5.74, 6) is 1.19. The molecule has 0 aliphatic carbocycles. The minimum absolute atomic E-state index is 0.0344. The third-order valence-electron chi connectivity index (χ3n) is 6.06. The number of ether oxygens (including phenoxy) is 1. The summed E-state index contributed by atoms with van der Waals surface area (Å²) in [5, 5.41) is 10.4. The number of phenolic OH excluding ortho intramolecular Hbond substituents is 1. The van der Waals surface area contributed by atoms with E-state index in [0.717, 1.165) is 23.3 Å². The SMILES string of the molecule is CCCCc1cc(C(C)(C)C)c(OCCC(=O)c2cc(C)c(O)c(C(C)(C)C)c2)cc1C. The number of unbranched alkanes of at least 4 members (excludes halogenated alkanes) is 1. The number of aromatic hydroxyl groups is 1. The van der Waals surface area contributed by atoms with Gasteiger partial charge in [-0.2, -0.15) is 0 Å². The fourth-order valence-electron chi connectivity index (χ4n) is 3.98. The summed E-state index contributed by atoms with van der Waals surface area (Å²) in [5.41, 5.74) is 5.72. The first-order valence-electron chi connectivity index (χ1n) is 11.9. The molecule has 0 saturated carbocycles. The van der Waals surface area contributed by atoms with Crippen molar-refractivity contribution in [2.75, 3.05) is 6.61 Å². The van der Waals surface area contributed by atoms with Gasteiger partial charge in [0, 0.05) is 17.5 Å². The zero-order valence-electron chi connectivity index (χ0n) is 21.6. The second-order valence-corrected chi connectivity index (χ2v) is 11.1. The number of aryl methyl sites for hydroxylation is 3. The fourth-order valence-corrected chi connectivity index (χ4v) is 3.98. The summed E-state index contributed by atoms with van der Waals surface area (Å²) >= 11 is 0. The minimum Gasteiger partial charge on any atom is -0.507 e. The van der Waals surface area contributed by atoms with E-state index in [1.165, 1.54) is 29.5 Å². The lowest BCUT2D eigenvalue weighted by Crippen LogP contribution is -2.16. The van der Waals surface area contributed by atoms with Crippen LogP contribution in [-0.2, 0) is 17.3 Å². The number of ketones is 1. The van der Waals surface area contributed by atoms with Gasteiger partial charge in [-0.15, -0.1) is 0 Å². The lowest BCUT2D eigenvalue weighted by atomic mass is 9.83. The van der Waals surface area contributed by atoms with Gasteiger partial charge < -0.3 is 9.84 Å². The van der Waals surface area contributed by atoms with Gasteiger partial charge in [0.05, 0.1) is 6.61 Å². The zero-order valence-corrected chi connectivity index (χ0v) is 21.6. The second-order valence-electron chi connectivity index (χ2n) is 11.1. The number of Topliss-reactive ketones (excluding diaryl/α,β-unsaturated/α-hetero) is 1. The van der Waals surface area contributed by atoms with Gasteiger partial charge in [0.1, 0.15) is 11.5 Å². The molecule has 32 heavy (non-hydrogen) atoms. The van der Waals surface area contributed by atoms with Crippen molar-refractivity contribution < 1.29 is 14.6 Å². The largest absolute Gasteiger partial charge is 0.507 e. The Morgan fingerprint density at radius 3 is 2.09 bits per heavy atom. The number of rotatable bonds is 8. The molecule has 0 fully saturated rings. The highest BCUT2D eigenvalue weighted by Crippen LogP contribution is 2.36. The smallest absolute Gasteiger partial charge is 0.166 e. The fraction of sp³-hybridized carbons (Fsp3) is 0.552. The van der Waals surface area contributed by atoms with Crippen LogP contribution in [0.25, 0.3) is 0 Å². The molecule has 0 saturated heterocycles. The van der Waals surface area contributed by atoms with Gasteiger partial charge in [-0.05, 0) is 78.0 Å². The predicted molar refractivity (Wildman–Crippen MR) is 134 cm³/mol. The summed E-state index contributed by atoms with van der Waals surface area (Å²) in [4.78, 5) is 12.9. The molecule has 2 aromatic rings. The monoisotopic (exact) mass is 438 g/mol. The van der Waals surface area contributed by atoms with Crippen LogP contribution in [0.1, 0.15) is 106 Å². The summed E-state index contributed by atoms with van der Waals surface area (Å²) in [7, 11) is 0. The molecule has 0 aliphatic rings. The highest BCUT2D eigenvalue weighted by Gasteiger charge is 2.23. The Kier molecular flexibility index (Phi) is 8.20. The van der Waals surface area contributed by atoms with Crippen LogP contribution in [0.3, 0.4) is 0 Å². The minimum atomic E-state index is -0.236. The van der Waals surface area contributed by atoms with Gasteiger partial charge in [-0.1, -0.05) is 61.0 Å². The van der Waals surface area contributed by atoms with Crippen molar-refractivity contribution in [3.05, 3.63) is 57.6 Å². The van der Waals surface area contributed by atoms with Crippen molar-refractivity contribution in [1.29, 1.82) is 0 Å². The predicted octanol–water partition coefficient (Wildman–Crippen LogP) is 7.60. The Bertz CT molecular complexity index is 956. The average Bonchev–Trinajstić information content (AvgIpc) is 2.67. The maximum absolute atomic E-state index is 12.9. The number of carbonyl (C=O) groups is 1. The molecule has 0 atom stereocenters. The van der Waals surface area contributed by atoms with Crippen LogP contribution in [0.5, 0.6) is 11.5 Å². The first kappa shape index (κ1) is 26.0. The summed E-state index contributed by atoms with van der Waals surface area (Å²) in [6, 6.07) is 8.04. The van der Waals surface area contributed by atoms with Gasteiger partial charge in [-0.25, -0.2) is 0 Å². The van der Waals surface area contributed by atoms with E-state index in [9.17, 15) is 9.90 Å². The van der Waals surface area contributed by atoms with Crippen molar-refractivity contribution in [2.45, 2.75) is 98.8 Å². The summed E-state index contributed by atoms with van der Waals surface area (Å²) in [6.45, 7) is 19.3. The Morgan fingerprint density at radius 2 is 1.53 bits per heavy atom. The molecule has 0 unspecified atom stereocenters. The third kappa shape index (κ3) is 6.37. The topological polar surface area (TPSA) is 46.5 Å². The van der Waals surface area contributed by atoms with E-state index >= 15 is 0 Å². The van der Waals surface area contributed by atoms with E-state index in [2.05, 4.69) is 46.8 Å². The van der Waals surface area contributed by atoms with Gasteiger partial charge in [0.15, 0.2) is 5.78 Å². The Balaban J connectivity index is 2.21. The summed E-state index contributed by atoms with van der Waals surface area (Å²) < 4.78 is 6.18. The van der Waals surface area contributed by atoms with Gasteiger partial charge in [-0.3, -0.25) is 4.79 Å². The third-order valence-corrected chi connectivity index (χ3v) is 6.06. The molecule has 0 radical (unpaired) electrons. The quantitative estimate of drug-likeness (QED) is 0.432. The van der Waals surface area contributed by atoms with E-state index in [4.69, 9.17) is 4.74 Å². The van der Waals surface area contributed by atoms with E-state index in [1.807, 2.05) is 33.8 Å². The Morgan fingerprint density at radius 1 is 0.906 bits per heavy atom. The van der Waals surface area contributed by atoms with Gasteiger partial charge in [0.2, 0.25) is 0 Å². The summed E-state index contributed by atoms with van der Waals surface area (Å²) in [6.07, 6.45) is 3.74. The molecule has 2 aromatic carbocycles. The van der Waals surface area contributed by atoms with Crippen LogP contribution >= 0.6 is 0 Å². The molecule has 3 heteroatoms. The Labute approximate surface area is 195 Å². The van der Waals surface area contributed by atoms with Gasteiger partial charge in [0.25, 0.3) is 0 Å². The van der Waals surface area contributed by atoms with Crippen molar-refractivity contribution in [3.63, 3.8) is 0 Å². The van der Waals surface area contributed by atoms with Crippen molar-refractivity contribution in [1.82, 2.24) is 0 Å². The number of hydrogen-bond donors (Lipinski definition) is 1. The molecule has 1 N–H and O–H groups in total. The molecule has 0 amide bonds. The molecule has 3 nitrogen and oxygen atoms in total. The number of phenols is 1. The van der Waals surface area contributed by atoms with Gasteiger partial charge >= 0.3 is 0 Å². The van der Waals surface area contributed by atoms with Crippen molar-refractivity contribution >= 4 is 5.78 Å². The maximum Gasteiger partial charge on any atom is 0.166 e.